The second kappa shape index (κ2) is 6.81. The molecule has 1 saturated heterocycles. The molecule has 0 saturated carbocycles. The van der Waals surface area contributed by atoms with Gasteiger partial charge in [0.05, 0.1) is 0 Å². The molecule has 3 nitrogen and oxygen atoms in total. The summed E-state index contributed by atoms with van der Waals surface area (Å²) in [6.07, 6.45) is 4.17. The Morgan fingerprint density at radius 2 is 1.86 bits per heavy atom. The van der Waals surface area contributed by atoms with Gasteiger partial charge in [0.1, 0.15) is 17.7 Å². The SMILES string of the molecule is ClCc1ccc(OC2CCN(c3ccccn3)CC2)cc1. The quantitative estimate of drug-likeness (QED) is 0.802. The van der Waals surface area contributed by atoms with Crippen molar-refractivity contribution >= 4 is 17.4 Å². The molecule has 0 bridgehead atoms. The van der Waals surface area contributed by atoms with Crippen molar-refractivity contribution in [1.29, 1.82) is 0 Å². The van der Waals surface area contributed by atoms with Crippen molar-refractivity contribution in [1.82, 2.24) is 4.98 Å². The third-order valence-corrected chi connectivity index (χ3v) is 4.10. The van der Waals surface area contributed by atoms with Gasteiger partial charge in [-0.15, -0.1) is 11.6 Å². The van der Waals surface area contributed by atoms with Crippen molar-refractivity contribution in [3.8, 4) is 5.75 Å². The third kappa shape index (κ3) is 3.67. The van der Waals surface area contributed by atoms with Gasteiger partial charge in [0.25, 0.3) is 0 Å². The Morgan fingerprint density at radius 3 is 2.48 bits per heavy atom. The lowest BCUT2D eigenvalue weighted by Crippen LogP contribution is -2.38. The molecule has 0 radical (unpaired) electrons. The zero-order chi connectivity index (χ0) is 14.5. The number of nitrogens with zero attached hydrogens (tertiary/aromatic N) is 2. The molecule has 0 amide bonds. The first kappa shape index (κ1) is 14.2. The van der Waals surface area contributed by atoms with E-state index in [9.17, 15) is 0 Å². The van der Waals surface area contributed by atoms with Crippen LogP contribution in [0.4, 0.5) is 5.82 Å². The van der Waals surface area contributed by atoms with Crippen LogP contribution in [0.1, 0.15) is 18.4 Å². The van der Waals surface area contributed by atoms with Crippen LogP contribution in [0, 0.1) is 0 Å². The Hall–Kier alpha value is -1.74. The smallest absolute Gasteiger partial charge is 0.128 e. The van der Waals surface area contributed by atoms with E-state index in [0.29, 0.717) is 5.88 Å². The second-order valence-corrected chi connectivity index (χ2v) is 5.54. The van der Waals surface area contributed by atoms with Crippen molar-refractivity contribution in [2.24, 2.45) is 0 Å². The van der Waals surface area contributed by atoms with E-state index in [-0.39, 0.29) is 6.10 Å². The van der Waals surface area contributed by atoms with E-state index >= 15 is 0 Å². The molecule has 110 valence electrons. The van der Waals surface area contributed by atoms with Crippen LogP contribution in [-0.2, 0) is 5.88 Å². The molecule has 1 aromatic carbocycles. The molecule has 4 heteroatoms. The van der Waals surface area contributed by atoms with Gasteiger partial charge in [-0.25, -0.2) is 4.98 Å². The highest BCUT2D eigenvalue weighted by Gasteiger charge is 2.21. The minimum atomic E-state index is 0.284. The summed E-state index contributed by atoms with van der Waals surface area (Å²) in [6, 6.07) is 14.1. The number of pyridine rings is 1. The Morgan fingerprint density at radius 1 is 1.10 bits per heavy atom. The average molecular weight is 303 g/mol. The molecule has 21 heavy (non-hydrogen) atoms. The summed E-state index contributed by atoms with van der Waals surface area (Å²) < 4.78 is 6.05. The van der Waals surface area contributed by atoms with E-state index in [1.54, 1.807) is 0 Å². The van der Waals surface area contributed by atoms with Gasteiger partial charge in [0.2, 0.25) is 0 Å². The van der Waals surface area contributed by atoms with E-state index in [0.717, 1.165) is 43.1 Å². The highest BCUT2D eigenvalue weighted by atomic mass is 35.5. The first-order valence-electron chi connectivity index (χ1n) is 7.33. The lowest BCUT2D eigenvalue weighted by Gasteiger charge is -2.32. The van der Waals surface area contributed by atoms with Gasteiger partial charge in [-0.3, -0.25) is 0 Å². The summed E-state index contributed by atoms with van der Waals surface area (Å²) in [5, 5.41) is 0. The molecule has 0 aliphatic carbocycles. The molecular formula is C17H19ClN2O. The van der Waals surface area contributed by atoms with Crippen LogP contribution in [0.2, 0.25) is 0 Å². The second-order valence-electron chi connectivity index (χ2n) is 5.27. The zero-order valence-electron chi connectivity index (χ0n) is 11.9. The molecule has 1 aliphatic rings. The van der Waals surface area contributed by atoms with Gasteiger partial charge in [0.15, 0.2) is 0 Å². The van der Waals surface area contributed by atoms with Gasteiger partial charge in [-0.05, 0) is 29.8 Å². The number of halogens is 1. The van der Waals surface area contributed by atoms with Crippen LogP contribution in [-0.4, -0.2) is 24.2 Å². The molecule has 1 aromatic heterocycles. The fraction of sp³-hybridized carbons (Fsp3) is 0.353. The molecule has 0 spiro atoms. The van der Waals surface area contributed by atoms with E-state index < -0.39 is 0 Å². The van der Waals surface area contributed by atoms with Crippen LogP contribution < -0.4 is 9.64 Å². The van der Waals surface area contributed by atoms with E-state index in [4.69, 9.17) is 16.3 Å². The average Bonchev–Trinajstić information content (AvgIpc) is 2.57. The first-order chi connectivity index (χ1) is 10.3. The van der Waals surface area contributed by atoms with Gasteiger partial charge in [-0.2, -0.15) is 0 Å². The van der Waals surface area contributed by atoms with Crippen molar-refractivity contribution in [2.75, 3.05) is 18.0 Å². The van der Waals surface area contributed by atoms with Gasteiger partial charge < -0.3 is 9.64 Å². The predicted octanol–water partition coefficient (Wildman–Crippen LogP) is 3.87. The summed E-state index contributed by atoms with van der Waals surface area (Å²) in [7, 11) is 0. The molecule has 0 unspecified atom stereocenters. The van der Waals surface area contributed by atoms with Crippen molar-refractivity contribution < 1.29 is 4.74 Å². The van der Waals surface area contributed by atoms with Gasteiger partial charge >= 0.3 is 0 Å². The summed E-state index contributed by atoms with van der Waals surface area (Å²) >= 11 is 5.79. The number of hydrogen-bond donors (Lipinski definition) is 0. The number of hydrogen-bond acceptors (Lipinski definition) is 3. The third-order valence-electron chi connectivity index (χ3n) is 3.80. The number of benzene rings is 1. The van der Waals surface area contributed by atoms with Crippen LogP contribution in [0.3, 0.4) is 0 Å². The number of aromatic nitrogens is 1. The minimum absolute atomic E-state index is 0.284. The first-order valence-corrected chi connectivity index (χ1v) is 7.86. The standard InChI is InChI=1S/C17H19ClN2O/c18-13-14-4-6-15(7-5-14)21-16-8-11-20(12-9-16)17-3-1-2-10-19-17/h1-7,10,16H,8-9,11-13H2. The molecule has 3 rings (SSSR count). The molecule has 0 N–H and O–H groups in total. The lowest BCUT2D eigenvalue weighted by atomic mass is 10.1. The summed E-state index contributed by atoms with van der Waals surface area (Å²) in [5.41, 5.74) is 1.12. The van der Waals surface area contributed by atoms with E-state index in [2.05, 4.69) is 16.0 Å². The van der Waals surface area contributed by atoms with Crippen LogP contribution in [0.5, 0.6) is 5.75 Å². The largest absolute Gasteiger partial charge is 0.490 e. The molecule has 0 atom stereocenters. The Labute approximate surface area is 130 Å². The number of alkyl halides is 1. The molecular weight excluding hydrogens is 284 g/mol. The van der Waals surface area contributed by atoms with E-state index in [1.807, 2.05) is 42.6 Å². The van der Waals surface area contributed by atoms with Crippen LogP contribution in [0.15, 0.2) is 48.7 Å². The monoisotopic (exact) mass is 302 g/mol. The van der Waals surface area contributed by atoms with E-state index in [1.165, 1.54) is 0 Å². The Bertz CT molecular complexity index is 551. The lowest BCUT2D eigenvalue weighted by molar-refractivity contribution is 0.170. The molecule has 2 aromatic rings. The van der Waals surface area contributed by atoms with Crippen LogP contribution >= 0.6 is 11.6 Å². The summed E-state index contributed by atoms with van der Waals surface area (Å²) in [5.74, 6) is 2.53. The highest BCUT2D eigenvalue weighted by Crippen LogP contribution is 2.22. The van der Waals surface area contributed by atoms with Crippen molar-refractivity contribution in [3.63, 3.8) is 0 Å². The molecule has 2 heterocycles. The minimum Gasteiger partial charge on any atom is -0.490 e. The number of piperidine rings is 1. The predicted molar refractivity (Wildman–Crippen MR) is 86.1 cm³/mol. The van der Waals surface area contributed by atoms with Gasteiger partial charge in [-0.1, -0.05) is 18.2 Å². The topological polar surface area (TPSA) is 25.4 Å². The maximum atomic E-state index is 6.05. The van der Waals surface area contributed by atoms with Crippen molar-refractivity contribution in [3.05, 3.63) is 54.2 Å². The van der Waals surface area contributed by atoms with Crippen LogP contribution in [0.25, 0.3) is 0 Å². The number of ether oxygens (including phenoxy) is 1. The molecule has 1 aliphatic heterocycles. The maximum Gasteiger partial charge on any atom is 0.128 e. The Kier molecular flexibility index (Phi) is 4.61. The summed E-state index contributed by atoms with van der Waals surface area (Å²) in [4.78, 5) is 6.72. The van der Waals surface area contributed by atoms with Gasteiger partial charge in [0, 0.05) is 38.0 Å². The van der Waals surface area contributed by atoms with Crippen molar-refractivity contribution in [2.45, 2.75) is 24.8 Å². The molecule has 1 fully saturated rings. The highest BCUT2D eigenvalue weighted by molar-refractivity contribution is 6.17. The maximum absolute atomic E-state index is 6.05. The Balaban J connectivity index is 1.53. The normalized spacial score (nSPS) is 16.0. The number of rotatable bonds is 4. The fourth-order valence-electron chi connectivity index (χ4n) is 2.59. The fourth-order valence-corrected chi connectivity index (χ4v) is 2.77. The number of anilines is 1. The zero-order valence-corrected chi connectivity index (χ0v) is 12.7. The summed E-state index contributed by atoms with van der Waals surface area (Å²) in [6.45, 7) is 1.98.